The molecular formula is C21H21ClN2O3. The SMILES string of the molecule is O=C(CC1CCCCC1)Nc1ccc2c(c1)C(=O)Nc1cc(Cl)ccc1O2. The molecular weight excluding hydrogens is 364 g/mol. The molecule has 2 amide bonds. The molecule has 1 saturated carbocycles. The summed E-state index contributed by atoms with van der Waals surface area (Å²) in [5.41, 5.74) is 1.49. The van der Waals surface area contributed by atoms with E-state index in [0.29, 0.717) is 45.8 Å². The molecule has 1 heterocycles. The number of anilines is 2. The summed E-state index contributed by atoms with van der Waals surface area (Å²) in [4.78, 5) is 24.9. The second-order valence-corrected chi connectivity index (χ2v) is 7.60. The summed E-state index contributed by atoms with van der Waals surface area (Å²) in [6.45, 7) is 0. The second-order valence-electron chi connectivity index (χ2n) is 7.16. The largest absolute Gasteiger partial charge is 0.454 e. The lowest BCUT2D eigenvalue weighted by Gasteiger charge is -2.20. The number of amides is 2. The first-order chi connectivity index (χ1) is 13.1. The normalized spacial score (nSPS) is 16.4. The summed E-state index contributed by atoms with van der Waals surface area (Å²) >= 11 is 6.00. The second kappa shape index (κ2) is 7.61. The minimum atomic E-state index is -0.297. The molecule has 0 unspecified atom stereocenters. The minimum Gasteiger partial charge on any atom is -0.454 e. The minimum absolute atomic E-state index is 0.00753. The van der Waals surface area contributed by atoms with E-state index in [-0.39, 0.29) is 11.8 Å². The van der Waals surface area contributed by atoms with Gasteiger partial charge in [-0.1, -0.05) is 30.9 Å². The molecule has 2 aromatic rings. The Balaban J connectivity index is 1.50. The zero-order chi connectivity index (χ0) is 18.8. The molecule has 0 atom stereocenters. The summed E-state index contributed by atoms with van der Waals surface area (Å²) < 4.78 is 5.85. The Bertz CT molecular complexity index is 891. The molecule has 1 aliphatic heterocycles. The van der Waals surface area contributed by atoms with Gasteiger partial charge in [-0.15, -0.1) is 0 Å². The van der Waals surface area contributed by atoms with Crippen molar-refractivity contribution in [2.24, 2.45) is 5.92 Å². The van der Waals surface area contributed by atoms with Crippen LogP contribution >= 0.6 is 11.6 Å². The van der Waals surface area contributed by atoms with Crippen molar-refractivity contribution in [2.75, 3.05) is 10.6 Å². The topological polar surface area (TPSA) is 67.4 Å². The Labute approximate surface area is 163 Å². The molecule has 140 valence electrons. The molecule has 5 nitrogen and oxygen atoms in total. The Morgan fingerprint density at radius 3 is 2.70 bits per heavy atom. The van der Waals surface area contributed by atoms with E-state index in [0.717, 1.165) is 12.8 Å². The molecule has 0 radical (unpaired) electrons. The van der Waals surface area contributed by atoms with Gasteiger partial charge in [0.15, 0.2) is 5.75 Å². The fourth-order valence-corrected chi connectivity index (χ4v) is 3.91. The summed E-state index contributed by atoms with van der Waals surface area (Å²) in [5.74, 6) is 1.13. The van der Waals surface area contributed by atoms with Crippen molar-refractivity contribution in [3.63, 3.8) is 0 Å². The van der Waals surface area contributed by atoms with Crippen LogP contribution in [0.4, 0.5) is 11.4 Å². The van der Waals surface area contributed by atoms with Gasteiger partial charge in [0.1, 0.15) is 5.75 Å². The zero-order valence-corrected chi connectivity index (χ0v) is 15.6. The Hall–Kier alpha value is -2.53. The van der Waals surface area contributed by atoms with Gasteiger partial charge in [-0.3, -0.25) is 9.59 Å². The van der Waals surface area contributed by atoms with E-state index in [4.69, 9.17) is 16.3 Å². The van der Waals surface area contributed by atoms with E-state index in [1.807, 2.05) is 0 Å². The summed E-state index contributed by atoms with van der Waals surface area (Å²) in [7, 11) is 0. The number of rotatable bonds is 3. The Morgan fingerprint density at radius 2 is 1.89 bits per heavy atom. The van der Waals surface area contributed by atoms with Gasteiger partial charge in [0.2, 0.25) is 5.91 Å². The standard InChI is InChI=1S/C21H21ClN2O3/c22-14-6-8-19-17(11-14)24-21(26)16-12-15(7-9-18(16)27-19)23-20(25)10-13-4-2-1-3-5-13/h6-9,11-13H,1-5,10H2,(H,23,25)(H,24,26). The lowest BCUT2D eigenvalue weighted by atomic mass is 9.87. The molecule has 2 N–H and O–H groups in total. The highest BCUT2D eigenvalue weighted by atomic mass is 35.5. The molecule has 6 heteroatoms. The van der Waals surface area contributed by atoms with Gasteiger partial charge in [0.05, 0.1) is 11.3 Å². The molecule has 0 bridgehead atoms. The summed E-state index contributed by atoms with van der Waals surface area (Å²) in [6, 6.07) is 10.2. The molecule has 1 aliphatic carbocycles. The summed E-state index contributed by atoms with van der Waals surface area (Å²) in [6.07, 6.45) is 6.45. The predicted octanol–water partition coefficient (Wildman–Crippen LogP) is 5.61. The van der Waals surface area contributed by atoms with Crippen LogP contribution < -0.4 is 15.4 Å². The van der Waals surface area contributed by atoms with Gasteiger partial charge in [0, 0.05) is 17.1 Å². The predicted molar refractivity (Wildman–Crippen MR) is 106 cm³/mol. The molecule has 0 saturated heterocycles. The van der Waals surface area contributed by atoms with Crippen LogP contribution in [-0.2, 0) is 4.79 Å². The maximum Gasteiger partial charge on any atom is 0.259 e. The average Bonchev–Trinajstić information content (AvgIpc) is 2.78. The highest BCUT2D eigenvalue weighted by molar-refractivity contribution is 6.31. The number of halogens is 1. The fraction of sp³-hybridized carbons (Fsp3) is 0.333. The van der Waals surface area contributed by atoms with E-state index in [1.165, 1.54) is 19.3 Å². The van der Waals surface area contributed by atoms with E-state index in [1.54, 1.807) is 36.4 Å². The number of hydrogen-bond acceptors (Lipinski definition) is 3. The monoisotopic (exact) mass is 384 g/mol. The molecule has 4 rings (SSSR count). The van der Waals surface area contributed by atoms with Crippen LogP contribution in [-0.4, -0.2) is 11.8 Å². The third-order valence-electron chi connectivity index (χ3n) is 5.12. The van der Waals surface area contributed by atoms with Crippen LogP contribution in [0.15, 0.2) is 36.4 Å². The fourth-order valence-electron chi connectivity index (χ4n) is 3.74. The van der Waals surface area contributed by atoms with Gasteiger partial charge in [-0.05, 0) is 55.2 Å². The van der Waals surface area contributed by atoms with Crippen molar-refractivity contribution in [3.05, 3.63) is 47.0 Å². The molecule has 2 aromatic carbocycles. The van der Waals surface area contributed by atoms with Crippen LogP contribution in [0.3, 0.4) is 0 Å². The van der Waals surface area contributed by atoms with Crippen molar-refractivity contribution in [1.29, 1.82) is 0 Å². The average molecular weight is 385 g/mol. The maximum absolute atomic E-state index is 12.6. The van der Waals surface area contributed by atoms with Crippen molar-refractivity contribution < 1.29 is 14.3 Å². The molecule has 2 aliphatic rings. The van der Waals surface area contributed by atoms with Crippen molar-refractivity contribution >= 4 is 34.8 Å². The number of carbonyl (C=O) groups is 2. The first-order valence-electron chi connectivity index (χ1n) is 9.31. The molecule has 27 heavy (non-hydrogen) atoms. The van der Waals surface area contributed by atoms with Crippen LogP contribution in [0.2, 0.25) is 5.02 Å². The van der Waals surface area contributed by atoms with Crippen LogP contribution in [0, 0.1) is 5.92 Å². The third-order valence-corrected chi connectivity index (χ3v) is 5.35. The third kappa shape index (κ3) is 4.08. The number of fused-ring (bicyclic) bond motifs is 2. The van der Waals surface area contributed by atoms with Crippen LogP contribution in [0.1, 0.15) is 48.9 Å². The highest BCUT2D eigenvalue weighted by Crippen LogP contribution is 2.38. The number of nitrogens with one attached hydrogen (secondary N) is 2. The molecule has 0 spiro atoms. The zero-order valence-electron chi connectivity index (χ0n) is 14.9. The highest BCUT2D eigenvalue weighted by Gasteiger charge is 2.22. The number of carbonyl (C=O) groups excluding carboxylic acids is 2. The first-order valence-corrected chi connectivity index (χ1v) is 9.69. The molecule has 0 aromatic heterocycles. The quantitative estimate of drug-likeness (QED) is 0.723. The molecule has 1 fully saturated rings. The smallest absolute Gasteiger partial charge is 0.259 e. The van der Waals surface area contributed by atoms with Crippen molar-refractivity contribution in [1.82, 2.24) is 0 Å². The van der Waals surface area contributed by atoms with E-state index < -0.39 is 0 Å². The Morgan fingerprint density at radius 1 is 1.11 bits per heavy atom. The number of ether oxygens (including phenoxy) is 1. The lowest BCUT2D eigenvalue weighted by molar-refractivity contribution is -0.117. The van der Waals surface area contributed by atoms with Gasteiger partial charge >= 0.3 is 0 Å². The van der Waals surface area contributed by atoms with Crippen molar-refractivity contribution in [2.45, 2.75) is 38.5 Å². The van der Waals surface area contributed by atoms with Gasteiger partial charge < -0.3 is 15.4 Å². The van der Waals surface area contributed by atoms with Gasteiger partial charge in [0.25, 0.3) is 5.91 Å². The van der Waals surface area contributed by atoms with Crippen LogP contribution in [0.5, 0.6) is 11.5 Å². The van der Waals surface area contributed by atoms with Gasteiger partial charge in [-0.2, -0.15) is 0 Å². The van der Waals surface area contributed by atoms with E-state index >= 15 is 0 Å². The lowest BCUT2D eigenvalue weighted by Crippen LogP contribution is -2.18. The number of benzene rings is 2. The number of hydrogen-bond donors (Lipinski definition) is 2. The van der Waals surface area contributed by atoms with Gasteiger partial charge in [-0.25, -0.2) is 0 Å². The van der Waals surface area contributed by atoms with E-state index in [2.05, 4.69) is 10.6 Å². The first kappa shape index (κ1) is 17.9. The Kier molecular flexibility index (Phi) is 5.03. The van der Waals surface area contributed by atoms with E-state index in [9.17, 15) is 9.59 Å². The van der Waals surface area contributed by atoms with Crippen molar-refractivity contribution in [3.8, 4) is 11.5 Å². The maximum atomic E-state index is 12.6. The van der Waals surface area contributed by atoms with Crippen LogP contribution in [0.25, 0.3) is 0 Å². The summed E-state index contributed by atoms with van der Waals surface area (Å²) in [5, 5.41) is 6.23.